The molecule has 4 aromatic rings. The van der Waals surface area contributed by atoms with Gasteiger partial charge in [0.25, 0.3) is 15.9 Å². The SMILES string of the molecule is O=C(c1ccccc1)N(c1ccc2oc3c(c2c1)CCCC3)S(=O)(=O)c1ccc(Br)cc1. The second-order valence-corrected chi connectivity index (χ2v) is 10.5. The molecule has 7 heteroatoms. The summed E-state index contributed by atoms with van der Waals surface area (Å²) >= 11 is 3.33. The van der Waals surface area contributed by atoms with Crippen molar-refractivity contribution in [3.05, 3.63) is 94.2 Å². The summed E-state index contributed by atoms with van der Waals surface area (Å²) in [4.78, 5) is 13.6. The van der Waals surface area contributed by atoms with Crippen molar-refractivity contribution in [2.75, 3.05) is 4.31 Å². The van der Waals surface area contributed by atoms with Crippen LogP contribution in [0.25, 0.3) is 11.0 Å². The first-order valence-corrected chi connectivity index (χ1v) is 12.6. The van der Waals surface area contributed by atoms with E-state index in [0.717, 1.165) is 51.2 Å². The van der Waals surface area contributed by atoms with Crippen molar-refractivity contribution >= 4 is 48.5 Å². The molecular formula is C25H20BrNO4S. The maximum atomic E-state index is 13.7. The van der Waals surface area contributed by atoms with Crippen LogP contribution in [0.3, 0.4) is 0 Å². The predicted octanol–water partition coefficient (Wildman–Crippen LogP) is 6.11. The topological polar surface area (TPSA) is 67.6 Å². The molecule has 1 amide bonds. The highest BCUT2D eigenvalue weighted by atomic mass is 79.9. The van der Waals surface area contributed by atoms with Crippen molar-refractivity contribution < 1.29 is 17.6 Å². The molecule has 0 saturated carbocycles. The molecule has 5 nitrogen and oxygen atoms in total. The van der Waals surface area contributed by atoms with Crippen molar-refractivity contribution in [3.8, 4) is 0 Å². The summed E-state index contributed by atoms with van der Waals surface area (Å²) in [7, 11) is -4.16. The molecule has 1 aromatic heterocycles. The van der Waals surface area contributed by atoms with Gasteiger partial charge in [-0.3, -0.25) is 4.79 Å². The van der Waals surface area contributed by atoms with Crippen LogP contribution in [0.15, 0.2) is 86.6 Å². The van der Waals surface area contributed by atoms with Gasteiger partial charge in [-0.15, -0.1) is 0 Å². The van der Waals surface area contributed by atoms with E-state index < -0.39 is 15.9 Å². The van der Waals surface area contributed by atoms with Gasteiger partial charge in [-0.25, -0.2) is 8.42 Å². The third-order valence-electron chi connectivity index (χ3n) is 5.73. The molecule has 0 aliphatic heterocycles. The van der Waals surface area contributed by atoms with Gasteiger partial charge in [0.15, 0.2) is 0 Å². The number of carbonyl (C=O) groups is 1. The van der Waals surface area contributed by atoms with E-state index >= 15 is 0 Å². The van der Waals surface area contributed by atoms with Gasteiger partial charge in [0.05, 0.1) is 10.6 Å². The number of anilines is 1. The molecule has 0 atom stereocenters. The highest BCUT2D eigenvalue weighted by Crippen LogP contribution is 2.36. The summed E-state index contributed by atoms with van der Waals surface area (Å²) in [5, 5.41) is 0.870. The van der Waals surface area contributed by atoms with Crippen LogP contribution in [-0.2, 0) is 22.9 Å². The van der Waals surface area contributed by atoms with E-state index in [1.165, 1.54) is 12.1 Å². The van der Waals surface area contributed by atoms with Gasteiger partial charge in [0, 0.05) is 27.4 Å². The maximum absolute atomic E-state index is 13.7. The Morgan fingerprint density at radius 2 is 1.62 bits per heavy atom. The van der Waals surface area contributed by atoms with Crippen LogP contribution >= 0.6 is 15.9 Å². The first-order chi connectivity index (χ1) is 15.4. The van der Waals surface area contributed by atoms with Crippen molar-refractivity contribution in [1.82, 2.24) is 0 Å². The van der Waals surface area contributed by atoms with Gasteiger partial charge < -0.3 is 4.42 Å². The van der Waals surface area contributed by atoms with Gasteiger partial charge in [-0.2, -0.15) is 4.31 Å². The highest BCUT2D eigenvalue weighted by Gasteiger charge is 2.32. The molecule has 0 bridgehead atoms. The zero-order valence-electron chi connectivity index (χ0n) is 17.1. The quantitative estimate of drug-likeness (QED) is 0.332. The summed E-state index contributed by atoms with van der Waals surface area (Å²) in [5.41, 5.74) is 2.42. The molecule has 1 aliphatic carbocycles. The fourth-order valence-electron chi connectivity index (χ4n) is 4.15. The molecule has 0 saturated heterocycles. The number of sulfonamides is 1. The number of benzene rings is 3. The number of nitrogens with zero attached hydrogens (tertiary/aromatic N) is 1. The second-order valence-electron chi connectivity index (χ2n) is 7.79. The molecule has 0 N–H and O–H groups in total. The van der Waals surface area contributed by atoms with Gasteiger partial charge in [-0.05, 0) is 73.9 Å². The number of rotatable bonds is 4. The second kappa shape index (κ2) is 8.22. The fourth-order valence-corrected chi connectivity index (χ4v) is 5.82. The Kier molecular flexibility index (Phi) is 5.39. The lowest BCUT2D eigenvalue weighted by atomic mass is 9.96. The Balaban J connectivity index is 1.69. The van der Waals surface area contributed by atoms with E-state index in [1.54, 1.807) is 60.7 Å². The Hall–Kier alpha value is -2.90. The van der Waals surface area contributed by atoms with Crippen LogP contribution in [0.5, 0.6) is 0 Å². The molecule has 1 heterocycles. The molecule has 0 radical (unpaired) electrons. The van der Waals surface area contributed by atoms with E-state index in [1.807, 2.05) is 0 Å². The Bertz CT molecular complexity index is 1410. The van der Waals surface area contributed by atoms with Crippen LogP contribution in [0.1, 0.15) is 34.5 Å². The van der Waals surface area contributed by atoms with Crippen molar-refractivity contribution in [2.45, 2.75) is 30.6 Å². The van der Waals surface area contributed by atoms with Crippen LogP contribution in [0, 0.1) is 0 Å². The zero-order valence-corrected chi connectivity index (χ0v) is 19.5. The van der Waals surface area contributed by atoms with E-state index in [9.17, 15) is 13.2 Å². The molecule has 162 valence electrons. The Morgan fingerprint density at radius 1 is 0.906 bits per heavy atom. The van der Waals surface area contributed by atoms with E-state index in [0.29, 0.717) is 16.8 Å². The lowest BCUT2D eigenvalue weighted by molar-refractivity contribution is 0.101. The number of halogens is 1. The third-order valence-corrected chi connectivity index (χ3v) is 7.98. The highest BCUT2D eigenvalue weighted by molar-refractivity contribution is 9.10. The minimum absolute atomic E-state index is 0.0410. The van der Waals surface area contributed by atoms with Crippen LogP contribution < -0.4 is 4.31 Å². The standard InChI is InChI=1S/C25H20BrNO4S/c26-18-10-13-20(14-11-18)32(29,30)27(25(28)17-6-2-1-3-7-17)19-12-15-24-22(16-19)21-8-4-5-9-23(21)31-24/h1-3,6-7,10-16H,4-5,8-9H2. The van der Waals surface area contributed by atoms with Crippen LogP contribution in [0.2, 0.25) is 0 Å². The number of hydrogen-bond acceptors (Lipinski definition) is 4. The molecule has 0 unspecified atom stereocenters. The summed E-state index contributed by atoms with van der Waals surface area (Å²) in [6.07, 6.45) is 3.91. The maximum Gasteiger partial charge on any atom is 0.272 e. The lowest BCUT2D eigenvalue weighted by Gasteiger charge is -2.23. The number of hydrogen-bond donors (Lipinski definition) is 0. The van der Waals surface area contributed by atoms with Crippen molar-refractivity contribution in [2.24, 2.45) is 0 Å². The molecule has 5 rings (SSSR count). The van der Waals surface area contributed by atoms with Crippen molar-refractivity contribution in [3.63, 3.8) is 0 Å². The first-order valence-electron chi connectivity index (χ1n) is 10.4. The van der Waals surface area contributed by atoms with Gasteiger partial charge in [0.1, 0.15) is 11.3 Å². The minimum atomic E-state index is -4.16. The van der Waals surface area contributed by atoms with Gasteiger partial charge >= 0.3 is 0 Å². The Labute approximate surface area is 194 Å². The Morgan fingerprint density at radius 3 is 2.38 bits per heavy atom. The monoisotopic (exact) mass is 509 g/mol. The molecule has 1 aliphatic rings. The summed E-state index contributed by atoms with van der Waals surface area (Å²) < 4.78 is 35.0. The van der Waals surface area contributed by atoms with Crippen LogP contribution in [0.4, 0.5) is 5.69 Å². The van der Waals surface area contributed by atoms with Gasteiger partial charge in [0.2, 0.25) is 0 Å². The number of amides is 1. The molecule has 0 fully saturated rings. The number of fused-ring (bicyclic) bond motifs is 3. The van der Waals surface area contributed by atoms with E-state index in [2.05, 4.69) is 15.9 Å². The molecule has 0 spiro atoms. The first kappa shape index (κ1) is 21.0. The smallest absolute Gasteiger partial charge is 0.272 e. The van der Waals surface area contributed by atoms with Crippen molar-refractivity contribution in [1.29, 1.82) is 0 Å². The average molecular weight is 510 g/mol. The normalized spacial score (nSPS) is 13.7. The number of aryl methyl sites for hydroxylation is 2. The summed E-state index contributed by atoms with van der Waals surface area (Å²) in [6, 6.07) is 19.9. The van der Waals surface area contributed by atoms with E-state index in [-0.39, 0.29) is 4.90 Å². The largest absolute Gasteiger partial charge is 0.461 e. The predicted molar refractivity (Wildman–Crippen MR) is 127 cm³/mol. The molecular weight excluding hydrogens is 490 g/mol. The zero-order chi connectivity index (χ0) is 22.3. The van der Waals surface area contributed by atoms with E-state index in [4.69, 9.17) is 4.42 Å². The molecule has 3 aromatic carbocycles. The van der Waals surface area contributed by atoms with Crippen LogP contribution in [-0.4, -0.2) is 14.3 Å². The summed E-state index contributed by atoms with van der Waals surface area (Å²) in [5.74, 6) is 0.352. The third kappa shape index (κ3) is 3.65. The molecule has 32 heavy (non-hydrogen) atoms. The number of carbonyl (C=O) groups excluding carboxylic acids is 1. The van der Waals surface area contributed by atoms with Gasteiger partial charge in [-0.1, -0.05) is 34.1 Å². The minimum Gasteiger partial charge on any atom is -0.461 e. The average Bonchev–Trinajstić information content (AvgIpc) is 3.18. The summed E-state index contributed by atoms with van der Waals surface area (Å²) in [6.45, 7) is 0. The lowest BCUT2D eigenvalue weighted by Crippen LogP contribution is -2.37. The fraction of sp³-hybridized carbons (Fsp3) is 0.160. The number of furan rings is 1.